The maximum absolute atomic E-state index is 6.09. The third kappa shape index (κ3) is 2.93. The van der Waals surface area contributed by atoms with Crippen LogP contribution >= 0.6 is 11.6 Å². The van der Waals surface area contributed by atoms with E-state index in [0.717, 1.165) is 34.0 Å². The van der Waals surface area contributed by atoms with Gasteiger partial charge in [-0.3, -0.25) is 5.73 Å². The predicted molar refractivity (Wildman–Crippen MR) is 108 cm³/mol. The molecule has 6 nitrogen and oxygen atoms in total. The standard InChI is InChI=1S/C21H16ClN5O/c22-14-8-10-15(11-9-14)28-16-5-3-4-13(12-16)19-25-20(23)26-21-24-17-6-1-2-7-18(17)27(19)21/h1-12,19H,(H3,23,24,25,26)/p+2/t19-/m0/s1. The monoisotopic (exact) mass is 391 g/mol. The lowest BCUT2D eigenvalue weighted by molar-refractivity contribution is -0.840. The summed E-state index contributed by atoms with van der Waals surface area (Å²) in [5.41, 5.74) is 9.21. The van der Waals surface area contributed by atoms with Crippen LogP contribution < -0.4 is 25.3 Å². The summed E-state index contributed by atoms with van der Waals surface area (Å²) < 4.78 is 8.14. The number of anilines is 1. The first-order valence-electron chi connectivity index (χ1n) is 8.89. The Morgan fingerprint density at radius 3 is 2.64 bits per heavy atom. The van der Waals surface area contributed by atoms with Crippen molar-refractivity contribution in [1.82, 2.24) is 4.98 Å². The van der Waals surface area contributed by atoms with Gasteiger partial charge in [-0.1, -0.05) is 35.9 Å². The van der Waals surface area contributed by atoms with Crippen LogP contribution in [0.5, 0.6) is 11.5 Å². The number of benzene rings is 3. The summed E-state index contributed by atoms with van der Waals surface area (Å²) >= 11 is 5.95. The molecule has 1 aromatic heterocycles. The van der Waals surface area contributed by atoms with Crippen molar-refractivity contribution < 1.29 is 14.3 Å². The van der Waals surface area contributed by atoms with Gasteiger partial charge in [-0.15, -0.1) is 0 Å². The van der Waals surface area contributed by atoms with Crippen LogP contribution in [0.4, 0.5) is 5.95 Å². The third-order valence-electron chi connectivity index (χ3n) is 4.68. The predicted octanol–water partition coefficient (Wildman–Crippen LogP) is 2.27. The number of guanidine groups is 1. The molecule has 28 heavy (non-hydrogen) atoms. The number of rotatable bonds is 3. The van der Waals surface area contributed by atoms with Crippen molar-refractivity contribution in [1.29, 1.82) is 0 Å². The molecule has 138 valence electrons. The summed E-state index contributed by atoms with van der Waals surface area (Å²) in [7, 11) is 0. The lowest BCUT2D eigenvalue weighted by atomic mass is 10.1. The van der Waals surface area contributed by atoms with Crippen molar-refractivity contribution in [2.75, 3.05) is 5.32 Å². The molecule has 2 heterocycles. The molecule has 4 aromatic rings. The molecule has 7 heteroatoms. The number of H-pyrrole nitrogens is 1. The van der Waals surface area contributed by atoms with Gasteiger partial charge in [0.15, 0.2) is 0 Å². The zero-order chi connectivity index (χ0) is 19.1. The van der Waals surface area contributed by atoms with E-state index in [4.69, 9.17) is 22.1 Å². The van der Waals surface area contributed by atoms with Crippen molar-refractivity contribution >= 4 is 34.5 Å². The molecule has 0 unspecified atom stereocenters. The molecule has 0 saturated heterocycles. The Labute approximate surface area is 166 Å². The zero-order valence-corrected chi connectivity index (χ0v) is 15.6. The molecule has 0 aliphatic carbocycles. The quantitative estimate of drug-likeness (QED) is 0.404. The highest BCUT2D eigenvalue weighted by atomic mass is 35.5. The number of nitrogens with zero attached hydrogens (tertiary/aromatic N) is 1. The van der Waals surface area contributed by atoms with Crippen LogP contribution in [0, 0.1) is 0 Å². The van der Waals surface area contributed by atoms with E-state index < -0.39 is 0 Å². The van der Waals surface area contributed by atoms with Gasteiger partial charge in [0.1, 0.15) is 22.5 Å². The van der Waals surface area contributed by atoms with Crippen LogP contribution in [-0.2, 0) is 0 Å². The van der Waals surface area contributed by atoms with E-state index in [9.17, 15) is 0 Å². The molecule has 0 saturated carbocycles. The SMILES string of the molecule is NC1=[NH+][C@H](c2cccc(Oc3ccc(Cl)cc3)c2)[n+]2c([nH]c3ccccc32)N1. The van der Waals surface area contributed by atoms with E-state index in [1.165, 1.54) is 0 Å². The van der Waals surface area contributed by atoms with Gasteiger partial charge < -0.3 is 4.74 Å². The van der Waals surface area contributed by atoms with E-state index >= 15 is 0 Å². The fraction of sp³-hybridized carbons (Fsp3) is 0.0476. The minimum absolute atomic E-state index is 0.179. The Bertz CT molecular complexity index is 1200. The Kier molecular flexibility index (Phi) is 3.91. The van der Waals surface area contributed by atoms with Gasteiger partial charge in [-0.05, 0) is 48.5 Å². The highest BCUT2D eigenvalue weighted by Gasteiger charge is 2.32. The van der Waals surface area contributed by atoms with Crippen molar-refractivity contribution in [3.8, 4) is 11.5 Å². The lowest BCUT2D eigenvalue weighted by Crippen LogP contribution is -2.88. The lowest BCUT2D eigenvalue weighted by Gasteiger charge is -2.17. The summed E-state index contributed by atoms with van der Waals surface area (Å²) in [4.78, 5) is 6.69. The molecule has 0 radical (unpaired) electrons. The number of fused-ring (bicyclic) bond motifs is 3. The van der Waals surface area contributed by atoms with E-state index in [0.29, 0.717) is 11.0 Å². The second kappa shape index (κ2) is 6.58. The largest absolute Gasteiger partial charge is 0.457 e. The molecule has 1 aliphatic heterocycles. The molecule has 0 amide bonds. The molecule has 1 atom stereocenters. The smallest absolute Gasteiger partial charge is 0.368 e. The summed E-state index contributed by atoms with van der Waals surface area (Å²) in [5, 5.41) is 3.83. The van der Waals surface area contributed by atoms with Crippen molar-refractivity contribution in [2.45, 2.75) is 6.17 Å². The average molecular weight is 392 g/mol. The Balaban J connectivity index is 1.56. The molecule has 5 rings (SSSR count). The van der Waals surface area contributed by atoms with Gasteiger partial charge in [0, 0.05) is 10.6 Å². The highest BCUT2D eigenvalue weighted by molar-refractivity contribution is 6.30. The van der Waals surface area contributed by atoms with Crippen LogP contribution in [0.25, 0.3) is 11.0 Å². The first kappa shape index (κ1) is 16.6. The number of nitrogens with one attached hydrogen (secondary N) is 3. The second-order valence-electron chi connectivity index (χ2n) is 6.57. The topological polar surface area (TPSA) is 80.9 Å². The minimum Gasteiger partial charge on any atom is -0.457 e. The molecule has 3 aromatic carbocycles. The van der Waals surface area contributed by atoms with E-state index in [2.05, 4.69) is 25.9 Å². The van der Waals surface area contributed by atoms with E-state index in [-0.39, 0.29) is 6.17 Å². The Morgan fingerprint density at radius 2 is 1.79 bits per heavy atom. The van der Waals surface area contributed by atoms with Gasteiger partial charge in [0.25, 0.3) is 0 Å². The van der Waals surface area contributed by atoms with Gasteiger partial charge in [0.2, 0.25) is 6.17 Å². The summed E-state index contributed by atoms with van der Waals surface area (Å²) in [6.45, 7) is 0. The molecular formula is C21H18ClN5O+2. The first-order chi connectivity index (χ1) is 13.7. The Hall–Kier alpha value is -3.51. The second-order valence-corrected chi connectivity index (χ2v) is 7.01. The summed E-state index contributed by atoms with van der Waals surface area (Å²) in [6.07, 6.45) is -0.179. The van der Waals surface area contributed by atoms with Crippen LogP contribution in [0.2, 0.25) is 5.02 Å². The molecule has 1 aliphatic rings. The number of halogens is 1. The zero-order valence-electron chi connectivity index (χ0n) is 14.8. The number of aromatic nitrogens is 2. The van der Waals surface area contributed by atoms with Crippen LogP contribution in [0.1, 0.15) is 11.7 Å². The Morgan fingerprint density at radius 1 is 0.964 bits per heavy atom. The van der Waals surface area contributed by atoms with E-state index in [1.807, 2.05) is 54.6 Å². The van der Waals surface area contributed by atoms with Gasteiger partial charge in [-0.2, -0.15) is 9.88 Å². The average Bonchev–Trinajstić information content (AvgIpc) is 3.07. The van der Waals surface area contributed by atoms with Crippen molar-refractivity contribution in [3.05, 3.63) is 83.4 Å². The van der Waals surface area contributed by atoms with Crippen molar-refractivity contribution in [2.24, 2.45) is 5.73 Å². The molecule has 0 bridgehead atoms. The maximum atomic E-state index is 6.09. The molecular weight excluding hydrogens is 374 g/mol. The van der Waals surface area contributed by atoms with Crippen LogP contribution in [0.3, 0.4) is 0 Å². The van der Waals surface area contributed by atoms with Gasteiger partial charge >= 0.3 is 11.9 Å². The fourth-order valence-electron chi connectivity index (χ4n) is 3.45. The maximum Gasteiger partial charge on any atom is 0.368 e. The number of hydrogen-bond acceptors (Lipinski definition) is 3. The molecule has 0 spiro atoms. The minimum atomic E-state index is -0.179. The van der Waals surface area contributed by atoms with Gasteiger partial charge in [0.05, 0.1) is 0 Å². The van der Waals surface area contributed by atoms with Crippen LogP contribution in [0.15, 0.2) is 72.8 Å². The number of nitrogens with two attached hydrogens (primary N) is 1. The number of imidazole rings is 1. The highest BCUT2D eigenvalue weighted by Crippen LogP contribution is 2.26. The third-order valence-corrected chi connectivity index (χ3v) is 4.94. The summed E-state index contributed by atoms with van der Waals surface area (Å²) in [6, 6.07) is 23.4. The molecule has 0 fully saturated rings. The van der Waals surface area contributed by atoms with Crippen molar-refractivity contribution in [3.63, 3.8) is 0 Å². The van der Waals surface area contributed by atoms with Crippen LogP contribution in [-0.4, -0.2) is 10.9 Å². The fourth-order valence-corrected chi connectivity index (χ4v) is 3.58. The van der Waals surface area contributed by atoms with Gasteiger partial charge in [-0.25, -0.2) is 9.98 Å². The first-order valence-corrected chi connectivity index (χ1v) is 9.27. The number of para-hydroxylation sites is 2. The number of aromatic amines is 1. The number of ether oxygens (including phenoxy) is 1. The van der Waals surface area contributed by atoms with E-state index in [1.54, 1.807) is 12.1 Å². The molecule has 5 N–H and O–H groups in total. The summed E-state index contributed by atoms with van der Waals surface area (Å²) in [5.74, 6) is 2.78. The number of hydrogen-bond donors (Lipinski definition) is 4. The normalized spacial score (nSPS) is 15.6.